The maximum atomic E-state index is 12.0. The van der Waals surface area contributed by atoms with Gasteiger partial charge < -0.3 is 0 Å². The number of aryl methyl sites for hydroxylation is 1. The summed E-state index contributed by atoms with van der Waals surface area (Å²) >= 11 is 5.82. The van der Waals surface area contributed by atoms with Gasteiger partial charge in [0.15, 0.2) is 0 Å². The van der Waals surface area contributed by atoms with Crippen molar-refractivity contribution < 1.29 is 0 Å². The van der Waals surface area contributed by atoms with Gasteiger partial charge in [-0.3, -0.25) is 9.89 Å². The summed E-state index contributed by atoms with van der Waals surface area (Å²) in [5.41, 5.74) is 2.94. The number of H-pyrrole nitrogens is 1. The largest absolute Gasteiger partial charge is 0.295 e. The fourth-order valence-electron chi connectivity index (χ4n) is 2.20. The van der Waals surface area contributed by atoms with Crippen LogP contribution in [0.2, 0.25) is 5.02 Å². The molecule has 1 aliphatic rings. The first-order chi connectivity index (χ1) is 7.75. The summed E-state index contributed by atoms with van der Waals surface area (Å²) < 4.78 is 1.60. The van der Waals surface area contributed by atoms with E-state index in [9.17, 15) is 4.79 Å². The van der Waals surface area contributed by atoms with Crippen molar-refractivity contribution >= 4 is 11.6 Å². The molecule has 4 heteroatoms. The van der Waals surface area contributed by atoms with E-state index in [0.29, 0.717) is 5.02 Å². The third-order valence-electron chi connectivity index (χ3n) is 3.01. The van der Waals surface area contributed by atoms with Gasteiger partial charge in [0.25, 0.3) is 5.56 Å². The van der Waals surface area contributed by atoms with Gasteiger partial charge in [-0.2, -0.15) is 0 Å². The maximum Gasteiger partial charge on any atom is 0.274 e. The van der Waals surface area contributed by atoms with E-state index >= 15 is 0 Å². The number of aromatic amines is 1. The molecule has 0 amide bonds. The van der Waals surface area contributed by atoms with Gasteiger partial charge in [-0.25, -0.2) is 4.68 Å². The van der Waals surface area contributed by atoms with Crippen LogP contribution in [0.5, 0.6) is 0 Å². The minimum absolute atomic E-state index is 0.0785. The van der Waals surface area contributed by atoms with E-state index in [1.54, 1.807) is 16.8 Å². The molecule has 0 spiro atoms. The van der Waals surface area contributed by atoms with Crippen LogP contribution in [0, 0.1) is 0 Å². The number of halogens is 1. The highest BCUT2D eigenvalue weighted by Crippen LogP contribution is 2.18. The number of nitrogens with one attached hydrogen (secondary N) is 1. The lowest BCUT2D eigenvalue weighted by Gasteiger charge is -2.01. The Balaban J connectivity index is 2.14. The van der Waals surface area contributed by atoms with E-state index < -0.39 is 0 Å². The van der Waals surface area contributed by atoms with Crippen molar-refractivity contribution in [1.29, 1.82) is 0 Å². The molecule has 0 saturated carbocycles. The lowest BCUT2D eigenvalue weighted by Crippen LogP contribution is -2.17. The summed E-state index contributed by atoms with van der Waals surface area (Å²) in [6.07, 6.45) is 2.95. The van der Waals surface area contributed by atoms with Crippen LogP contribution in [0.1, 0.15) is 17.7 Å². The van der Waals surface area contributed by atoms with E-state index in [-0.39, 0.29) is 5.56 Å². The monoisotopic (exact) mass is 234 g/mol. The molecule has 0 fully saturated rings. The average Bonchev–Trinajstić information content (AvgIpc) is 2.84. The second-order valence-corrected chi connectivity index (χ2v) is 4.48. The van der Waals surface area contributed by atoms with Gasteiger partial charge in [-0.05, 0) is 43.5 Å². The molecule has 0 atom stereocenters. The van der Waals surface area contributed by atoms with Crippen LogP contribution >= 0.6 is 11.6 Å². The highest BCUT2D eigenvalue weighted by atomic mass is 35.5. The van der Waals surface area contributed by atoms with Crippen molar-refractivity contribution in [3.63, 3.8) is 0 Å². The highest BCUT2D eigenvalue weighted by Gasteiger charge is 2.19. The van der Waals surface area contributed by atoms with Crippen molar-refractivity contribution in [2.45, 2.75) is 19.3 Å². The molecule has 0 radical (unpaired) electrons. The summed E-state index contributed by atoms with van der Waals surface area (Å²) in [5.74, 6) is 0. The first-order valence-electron chi connectivity index (χ1n) is 5.34. The summed E-state index contributed by atoms with van der Waals surface area (Å²) in [6, 6.07) is 7.26. The van der Waals surface area contributed by atoms with Crippen LogP contribution in [-0.2, 0) is 12.8 Å². The second-order valence-electron chi connectivity index (χ2n) is 4.04. The molecule has 1 aliphatic carbocycles. The Labute approximate surface area is 97.6 Å². The molecule has 1 N–H and O–H groups in total. The van der Waals surface area contributed by atoms with Crippen LogP contribution in [-0.4, -0.2) is 9.78 Å². The van der Waals surface area contributed by atoms with Crippen LogP contribution in [0.3, 0.4) is 0 Å². The Morgan fingerprint density at radius 3 is 2.62 bits per heavy atom. The Bertz CT molecular complexity index is 580. The molecule has 1 heterocycles. The average molecular weight is 235 g/mol. The number of hydrogen-bond donors (Lipinski definition) is 1. The van der Waals surface area contributed by atoms with Crippen molar-refractivity contribution in [2.75, 3.05) is 0 Å². The van der Waals surface area contributed by atoms with Crippen LogP contribution in [0.15, 0.2) is 29.1 Å². The molecule has 82 valence electrons. The fourth-order valence-corrected chi connectivity index (χ4v) is 2.32. The first-order valence-corrected chi connectivity index (χ1v) is 5.72. The van der Waals surface area contributed by atoms with E-state index in [1.807, 2.05) is 12.1 Å². The van der Waals surface area contributed by atoms with Gasteiger partial charge in [-0.1, -0.05) is 11.6 Å². The predicted molar refractivity (Wildman–Crippen MR) is 63.4 cm³/mol. The number of fused-ring (bicyclic) bond motifs is 1. The number of hydrogen-bond acceptors (Lipinski definition) is 1. The molecular formula is C12H11ClN2O. The molecule has 16 heavy (non-hydrogen) atoms. The van der Waals surface area contributed by atoms with E-state index in [1.165, 1.54) is 0 Å². The van der Waals surface area contributed by atoms with Crippen LogP contribution in [0.4, 0.5) is 0 Å². The smallest absolute Gasteiger partial charge is 0.274 e. The van der Waals surface area contributed by atoms with Gasteiger partial charge >= 0.3 is 0 Å². The summed E-state index contributed by atoms with van der Waals surface area (Å²) in [6.45, 7) is 0. The second kappa shape index (κ2) is 3.52. The van der Waals surface area contributed by atoms with Gasteiger partial charge in [0.2, 0.25) is 0 Å². The molecule has 1 aromatic carbocycles. The standard InChI is InChI=1S/C12H11ClN2O/c13-8-4-6-9(7-5-8)15-12(16)10-2-1-3-11(10)14-15/h4-7,14H,1-3H2. The van der Waals surface area contributed by atoms with E-state index in [0.717, 1.165) is 36.2 Å². The van der Waals surface area contributed by atoms with Gasteiger partial charge in [-0.15, -0.1) is 0 Å². The summed E-state index contributed by atoms with van der Waals surface area (Å²) in [4.78, 5) is 12.0. The quantitative estimate of drug-likeness (QED) is 0.808. The van der Waals surface area contributed by atoms with Crippen molar-refractivity contribution in [3.05, 3.63) is 50.9 Å². The van der Waals surface area contributed by atoms with Gasteiger partial charge in [0.1, 0.15) is 0 Å². The summed E-state index contributed by atoms with van der Waals surface area (Å²) in [7, 11) is 0. The SMILES string of the molecule is O=c1c2c([nH]n1-c1ccc(Cl)cc1)CCC2. The molecule has 0 bridgehead atoms. The minimum atomic E-state index is 0.0785. The lowest BCUT2D eigenvalue weighted by molar-refractivity contribution is 0.780. The molecule has 1 aromatic heterocycles. The Morgan fingerprint density at radius 1 is 1.19 bits per heavy atom. The number of benzene rings is 1. The maximum absolute atomic E-state index is 12.0. The van der Waals surface area contributed by atoms with Crippen molar-refractivity contribution in [2.24, 2.45) is 0 Å². The van der Waals surface area contributed by atoms with E-state index in [2.05, 4.69) is 5.10 Å². The minimum Gasteiger partial charge on any atom is -0.295 e. The van der Waals surface area contributed by atoms with Gasteiger partial charge in [0.05, 0.1) is 5.69 Å². The lowest BCUT2D eigenvalue weighted by atomic mass is 10.3. The first kappa shape index (κ1) is 9.73. The number of nitrogens with zero attached hydrogens (tertiary/aromatic N) is 1. The molecule has 2 aromatic rings. The normalized spacial score (nSPS) is 14.1. The zero-order valence-electron chi connectivity index (χ0n) is 8.66. The van der Waals surface area contributed by atoms with E-state index in [4.69, 9.17) is 11.6 Å². The third-order valence-corrected chi connectivity index (χ3v) is 3.26. The van der Waals surface area contributed by atoms with Gasteiger partial charge in [0, 0.05) is 16.3 Å². The molecule has 3 nitrogen and oxygen atoms in total. The Kier molecular flexibility index (Phi) is 2.14. The predicted octanol–water partition coefficient (Wildman–Crippen LogP) is 2.31. The summed E-state index contributed by atoms with van der Waals surface area (Å²) in [5, 5.41) is 3.84. The molecule has 0 aliphatic heterocycles. The molecule has 3 rings (SSSR count). The van der Waals surface area contributed by atoms with Crippen molar-refractivity contribution in [3.8, 4) is 5.69 Å². The molecule has 0 saturated heterocycles. The zero-order valence-corrected chi connectivity index (χ0v) is 9.42. The third kappa shape index (κ3) is 1.39. The van der Waals surface area contributed by atoms with Crippen molar-refractivity contribution in [1.82, 2.24) is 9.78 Å². The van der Waals surface area contributed by atoms with Crippen LogP contribution < -0.4 is 5.56 Å². The topological polar surface area (TPSA) is 37.8 Å². The zero-order chi connectivity index (χ0) is 11.1. The number of aromatic nitrogens is 2. The molecular weight excluding hydrogens is 224 g/mol. The highest BCUT2D eigenvalue weighted by molar-refractivity contribution is 6.30. The molecule has 0 unspecified atom stereocenters. The number of rotatable bonds is 1. The fraction of sp³-hybridized carbons (Fsp3) is 0.250. The Morgan fingerprint density at radius 2 is 1.94 bits per heavy atom. The Hall–Kier alpha value is -1.48. The van der Waals surface area contributed by atoms with Crippen LogP contribution in [0.25, 0.3) is 5.69 Å².